The van der Waals surface area contributed by atoms with Crippen LogP contribution in [0.5, 0.6) is 0 Å². The molecule has 26 heavy (non-hydrogen) atoms. The summed E-state index contributed by atoms with van der Waals surface area (Å²) in [5.41, 5.74) is 3.66. The van der Waals surface area contributed by atoms with Crippen molar-refractivity contribution in [2.24, 2.45) is 14.1 Å². The first kappa shape index (κ1) is 27.4. The normalized spacial score (nSPS) is 9.46. The van der Waals surface area contributed by atoms with E-state index in [-0.39, 0.29) is 53.7 Å². The minimum Gasteiger partial charge on any atom is -0.661 e. The van der Waals surface area contributed by atoms with Gasteiger partial charge in [-0.15, -0.1) is 13.1 Å². The van der Waals surface area contributed by atoms with E-state index in [0.29, 0.717) is 13.1 Å². The Bertz CT molecular complexity index is 708. The van der Waals surface area contributed by atoms with Crippen LogP contribution in [0.4, 0.5) is 0 Å². The first-order valence-corrected chi connectivity index (χ1v) is 7.73. The van der Waals surface area contributed by atoms with Crippen LogP contribution < -0.4 is 0 Å². The molecule has 2 aromatic heterocycles. The summed E-state index contributed by atoms with van der Waals surface area (Å²) in [4.78, 5) is 22.0. The first-order chi connectivity index (χ1) is 11.3. The molecule has 0 aliphatic rings. The molecule has 0 bridgehead atoms. The summed E-state index contributed by atoms with van der Waals surface area (Å²) < 4.78 is 3.77. The van der Waals surface area contributed by atoms with Crippen LogP contribution in [0.3, 0.4) is 0 Å². The molecule has 0 amide bonds. The molecule has 144 valence electrons. The van der Waals surface area contributed by atoms with Gasteiger partial charge in [-0.05, 0) is 24.8 Å². The third-order valence-electron chi connectivity index (χ3n) is 3.60. The van der Waals surface area contributed by atoms with Gasteiger partial charge in [0.1, 0.15) is 0 Å². The van der Waals surface area contributed by atoms with E-state index in [4.69, 9.17) is 0 Å². The Morgan fingerprint density at radius 2 is 1.46 bits per heavy atom. The second-order valence-electron chi connectivity index (χ2n) is 5.74. The maximum Gasteiger partial charge on any atom is 0.176 e. The Kier molecular flexibility index (Phi) is 14.1. The van der Waals surface area contributed by atoms with Gasteiger partial charge in [-0.1, -0.05) is 5.56 Å². The second kappa shape index (κ2) is 13.4. The van der Waals surface area contributed by atoms with Crippen molar-refractivity contribution in [3.63, 3.8) is 0 Å². The van der Waals surface area contributed by atoms with Crippen LogP contribution in [-0.4, -0.2) is 34.8 Å². The van der Waals surface area contributed by atoms with Gasteiger partial charge in [0.25, 0.3) is 0 Å². The van der Waals surface area contributed by atoms with E-state index in [1.807, 2.05) is 47.8 Å². The third-order valence-corrected chi connectivity index (χ3v) is 3.60. The van der Waals surface area contributed by atoms with Crippen LogP contribution in [0.1, 0.15) is 46.0 Å². The standard InChI is InChI=1S/2C9H13N2O.2W/c1-7(12)8-4-9(5-10-2)11(3)6-8;1-7(12)9-4-8(5-10-2)6-11(9)3;;/h2*4,6H,5H2,1-3H3;;/q2*-1;;. The van der Waals surface area contributed by atoms with E-state index in [0.717, 1.165) is 22.5 Å². The van der Waals surface area contributed by atoms with Crippen molar-refractivity contribution >= 4 is 11.6 Å². The van der Waals surface area contributed by atoms with Crippen molar-refractivity contribution in [3.05, 3.63) is 57.7 Å². The van der Waals surface area contributed by atoms with Crippen molar-refractivity contribution < 1.29 is 51.7 Å². The molecule has 2 heterocycles. The molecule has 0 spiro atoms. The van der Waals surface area contributed by atoms with E-state index in [1.54, 1.807) is 27.9 Å². The molecule has 0 radical (unpaired) electrons. The van der Waals surface area contributed by atoms with Crippen LogP contribution in [-0.2, 0) is 69.3 Å². The number of ketones is 2. The predicted molar refractivity (Wildman–Crippen MR) is 96.8 cm³/mol. The van der Waals surface area contributed by atoms with Gasteiger partial charge < -0.3 is 19.8 Å². The van der Waals surface area contributed by atoms with E-state index < -0.39 is 0 Å². The van der Waals surface area contributed by atoms with E-state index in [9.17, 15) is 9.59 Å². The molecule has 0 aromatic carbocycles. The zero-order valence-electron chi connectivity index (χ0n) is 16.1. The van der Waals surface area contributed by atoms with Crippen LogP contribution in [0.15, 0.2) is 24.5 Å². The summed E-state index contributed by atoms with van der Waals surface area (Å²) in [6.45, 7) is 4.50. The van der Waals surface area contributed by atoms with Crippen LogP contribution in [0, 0.1) is 0 Å². The van der Waals surface area contributed by atoms with Crippen LogP contribution in [0.25, 0.3) is 10.6 Å². The minimum absolute atomic E-state index is 0. The molecule has 0 N–H and O–H groups in total. The van der Waals surface area contributed by atoms with E-state index in [1.165, 1.54) is 0 Å². The SMILES string of the molecule is C[N-]Cc1cc(C(C)=O)cn1C.C[N-]Cc1cc(C(C)=O)n(C)c1.[W].[W]. The number of hydrogen-bond acceptors (Lipinski definition) is 2. The largest absolute Gasteiger partial charge is 0.661 e. The molecule has 2 aromatic rings. The predicted octanol–water partition coefficient (Wildman–Crippen LogP) is 3.46. The van der Waals surface area contributed by atoms with E-state index >= 15 is 0 Å². The maximum atomic E-state index is 11.0. The van der Waals surface area contributed by atoms with Crippen LogP contribution in [0.2, 0.25) is 0 Å². The van der Waals surface area contributed by atoms with Crippen molar-refractivity contribution in [3.8, 4) is 0 Å². The Morgan fingerprint density at radius 1 is 0.885 bits per heavy atom. The summed E-state index contributed by atoms with van der Waals surface area (Å²) in [5, 5.41) is 8.00. The third kappa shape index (κ3) is 8.26. The number of aryl methyl sites for hydroxylation is 2. The average Bonchev–Trinajstić information content (AvgIpc) is 3.04. The molecule has 0 aliphatic heterocycles. The Balaban J connectivity index is 0. The van der Waals surface area contributed by atoms with Gasteiger partial charge in [-0.2, -0.15) is 14.1 Å². The molecular weight excluding hydrogens is 672 g/mol. The molecule has 0 saturated carbocycles. The van der Waals surface area contributed by atoms with Crippen molar-refractivity contribution in [1.82, 2.24) is 9.13 Å². The summed E-state index contributed by atoms with van der Waals surface area (Å²) in [7, 11) is 7.32. The van der Waals surface area contributed by atoms with Crippen molar-refractivity contribution in [2.45, 2.75) is 26.9 Å². The zero-order chi connectivity index (χ0) is 18.3. The average molecular weight is 698 g/mol. The van der Waals surface area contributed by atoms with Crippen molar-refractivity contribution in [1.29, 1.82) is 0 Å². The maximum absolute atomic E-state index is 11.0. The van der Waals surface area contributed by atoms with Crippen LogP contribution >= 0.6 is 0 Å². The number of hydrogen-bond donors (Lipinski definition) is 0. The number of Topliss-reactive ketones (excluding diaryl/α,β-unsaturated/α-hetero) is 2. The van der Waals surface area contributed by atoms with Gasteiger partial charge in [-0.3, -0.25) is 9.59 Å². The molecule has 0 aliphatic carbocycles. The first-order valence-electron chi connectivity index (χ1n) is 7.73. The number of carbonyl (C=O) groups excluding carboxylic acids is 2. The van der Waals surface area contributed by atoms with Gasteiger partial charge >= 0.3 is 0 Å². The fraction of sp³-hybridized carbons (Fsp3) is 0.444. The monoisotopic (exact) mass is 698 g/mol. The molecular formula is C18H26N4O2W2-2. The molecule has 2 rings (SSSR count). The van der Waals surface area contributed by atoms with Crippen molar-refractivity contribution in [2.75, 3.05) is 14.1 Å². The quantitative estimate of drug-likeness (QED) is 0.434. The number of nitrogens with zero attached hydrogens (tertiary/aromatic N) is 4. The minimum atomic E-state index is 0. The Hall–Kier alpha value is -0.803. The molecule has 6 nitrogen and oxygen atoms in total. The topological polar surface area (TPSA) is 72.2 Å². The van der Waals surface area contributed by atoms with Gasteiger partial charge in [0.15, 0.2) is 11.6 Å². The molecule has 8 heteroatoms. The fourth-order valence-electron chi connectivity index (χ4n) is 2.37. The fourth-order valence-corrected chi connectivity index (χ4v) is 2.37. The summed E-state index contributed by atoms with van der Waals surface area (Å²) >= 11 is 0. The van der Waals surface area contributed by atoms with Gasteiger partial charge in [-0.25, -0.2) is 0 Å². The molecule has 0 saturated heterocycles. The Morgan fingerprint density at radius 3 is 1.85 bits per heavy atom. The number of aromatic nitrogens is 2. The Labute approximate surface area is 184 Å². The smallest absolute Gasteiger partial charge is 0.176 e. The number of carbonyl (C=O) groups is 2. The van der Waals surface area contributed by atoms with E-state index in [2.05, 4.69) is 10.6 Å². The molecule has 0 atom stereocenters. The summed E-state index contributed by atoms with van der Waals surface area (Å²) in [5.74, 6) is 0.202. The summed E-state index contributed by atoms with van der Waals surface area (Å²) in [6, 6.07) is 3.77. The number of rotatable bonds is 6. The molecule has 0 fully saturated rings. The van der Waals surface area contributed by atoms with Gasteiger partial charge in [0.05, 0.1) is 5.69 Å². The van der Waals surface area contributed by atoms with Gasteiger partial charge in [0, 0.05) is 81.1 Å². The molecule has 0 unspecified atom stereocenters. The summed E-state index contributed by atoms with van der Waals surface area (Å²) in [6.07, 6.45) is 3.77. The second-order valence-corrected chi connectivity index (χ2v) is 5.74. The van der Waals surface area contributed by atoms with Gasteiger partial charge in [0.2, 0.25) is 0 Å². The zero-order valence-corrected chi connectivity index (χ0v) is 22.0.